The summed E-state index contributed by atoms with van der Waals surface area (Å²) in [5, 5.41) is 15.1. The molecule has 1 fully saturated rings. The van der Waals surface area contributed by atoms with Crippen LogP contribution in [0.2, 0.25) is 0 Å². The fourth-order valence-electron chi connectivity index (χ4n) is 2.76. The largest absolute Gasteiger partial charge is 0.386 e. The van der Waals surface area contributed by atoms with Crippen molar-refractivity contribution < 1.29 is 18.7 Å². The Labute approximate surface area is 138 Å². The Balaban J connectivity index is 1.48. The second-order valence-corrected chi connectivity index (χ2v) is 5.86. The summed E-state index contributed by atoms with van der Waals surface area (Å²) in [7, 11) is 0. The second-order valence-electron chi connectivity index (χ2n) is 5.86. The fraction of sp³-hybridized carbons (Fsp3) is 0.278. The zero-order valence-corrected chi connectivity index (χ0v) is 12.9. The van der Waals surface area contributed by atoms with Crippen LogP contribution in [-0.2, 0) is 0 Å². The lowest BCUT2D eigenvalue weighted by atomic mass is 10.1. The van der Waals surface area contributed by atoms with Crippen LogP contribution in [0.5, 0.6) is 0 Å². The monoisotopic (exact) mass is 332 g/mol. The normalized spacial score (nSPS) is 20.3. The second kappa shape index (κ2) is 6.97. The van der Waals surface area contributed by atoms with E-state index in [-0.39, 0.29) is 18.5 Å². The molecule has 2 aromatic carbocycles. The number of carbonyl (C=O) groups excluding carboxylic acids is 1. The van der Waals surface area contributed by atoms with Crippen LogP contribution in [0.25, 0.3) is 0 Å². The van der Waals surface area contributed by atoms with Gasteiger partial charge in [0.05, 0.1) is 5.56 Å². The van der Waals surface area contributed by atoms with Crippen molar-refractivity contribution in [3.05, 3.63) is 71.3 Å². The third kappa shape index (κ3) is 3.71. The van der Waals surface area contributed by atoms with Crippen molar-refractivity contribution >= 4 is 6.03 Å². The Morgan fingerprint density at radius 3 is 2.46 bits per heavy atom. The topological polar surface area (TPSA) is 61.4 Å². The van der Waals surface area contributed by atoms with E-state index >= 15 is 0 Å². The Bertz CT molecular complexity index is 704. The van der Waals surface area contributed by atoms with Crippen LogP contribution in [0.15, 0.2) is 48.5 Å². The summed E-state index contributed by atoms with van der Waals surface area (Å²) in [5.74, 6) is -1.39. The molecule has 4 nitrogen and oxygen atoms in total. The molecule has 6 heteroatoms. The first-order chi connectivity index (χ1) is 11.6. The van der Waals surface area contributed by atoms with E-state index in [9.17, 15) is 18.7 Å². The van der Waals surface area contributed by atoms with Crippen molar-refractivity contribution in [1.29, 1.82) is 0 Å². The molecule has 0 bridgehead atoms. The molecule has 0 aliphatic heterocycles. The number of aliphatic hydroxyl groups is 1. The van der Waals surface area contributed by atoms with Gasteiger partial charge in [0, 0.05) is 18.5 Å². The number of halogens is 2. The highest BCUT2D eigenvalue weighted by atomic mass is 19.1. The number of urea groups is 1. The molecule has 126 valence electrons. The van der Waals surface area contributed by atoms with E-state index in [4.69, 9.17) is 0 Å². The number of nitrogens with one attached hydrogen (secondary N) is 2. The molecule has 1 aliphatic rings. The Hall–Kier alpha value is -2.47. The molecule has 1 aliphatic carbocycles. The molecule has 3 N–H and O–H groups in total. The first-order valence-corrected chi connectivity index (χ1v) is 7.77. The maximum Gasteiger partial charge on any atom is 0.315 e. The molecule has 3 rings (SSSR count). The number of rotatable bonds is 5. The zero-order chi connectivity index (χ0) is 17.1. The first kappa shape index (κ1) is 16.4. The van der Waals surface area contributed by atoms with Gasteiger partial charge in [-0.05, 0) is 24.1 Å². The summed E-state index contributed by atoms with van der Waals surface area (Å²) in [6, 6.07) is 12.8. The third-order valence-corrected chi connectivity index (χ3v) is 4.12. The molecule has 0 heterocycles. The summed E-state index contributed by atoms with van der Waals surface area (Å²) < 4.78 is 27.1. The quantitative estimate of drug-likeness (QED) is 0.788. The van der Waals surface area contributed by atoms with Gasteiger partial charge >= 0.3 is 6.03 Å². The van der Waals surface area contributed by atoms with Gasteiger partial charge in [0.2, 0.25) is 0 Å². The third-order valence-electron chi connectivity index (χ3n) is 4.12. The number of carbonyl (C=O) groups is 1. The summed E-state index contributed by atoms with van der Waals surface area (Å²) in [5.41, 5.74) is 0.725. The Morgan fingerprint density at radius 2 is 1.79 bits per heavy atom. The van der Waals surface area contributed by atoms with Crippen molar-refractivity contribution in [3.8, 4) is 0 Å². The van der Waals surface area contributed by atoms with Crippen molar-refractivity contribution in [1.82, 2.24) is 10.6 Å². The number of aliphatic hydroxyl groups excluding tert-OH is 1. The smallest absolute Gasteiger partial charge is 0.315 e. The average molecular weight is 332 g/mol. The van der Waals surface area contributed by atoms with E-state index in [1.165, 1.54) is 6.07 Å². The molecule has 0 spiro atoms. The van der Waals surface area contributed by atoms with E-state index in [0.717, 1.165) is 24.1 Å². The van der Waals surface area contributed by atoms with E-state index in [1.807, 2.05) is 30.3 Å². The molecular formula is C18H18F2N2O2. The van der Waals surface area contributed by atoms with Gasteiger partial charge in [0.1, 0.15) is 17.7 Å². The van der Waals surface area contributed by atoms with Gasteiger partial charge in [-0.15, -0.1) is 0 Å². The Kier molecular flexibility index (Phi) is 4.76. The minimum atomic E-state index is -1.44. The number of amides is 2. The zero-order valence-electron chi connectivity index (χ0n) is 12.9. The van der Waals surface area contributed by atoms with Crippen LogP contribution in [0, 0.1) is 11.6 Å². The SMILES string of the molecule is O=C(NCC(O)c1c(F)cccc1F)NC1CC1c1ccccc1. The summed E-state index contributed by atoms with van der Waals surface area (Å²) in [4.78, 5) is 11.9. The lowest BCUT2D eigenvalue weighted by Crippen LogP contribution is -2.39. The lowest BCUT2D eigenvalue weighted by Gasteiger charge is -2.14. The standard InChI is InChI=1S/C18H18F2N2O2/c19-13-7-4-8-14(20)17(13)16(23)10-21-18(24)22-15-9-12(15)11-5-2-1-3-6-11/h1-8,12,15-16,23H,9-10H2,(H2,21,22,24). The maximum atomic E-state index is 13.6. The van der Waals surface area contributed by atoms with Gasteiger partial charge in [0.25, 0.3) is 0 Å². The number of benzene rings is 2. The Morgan fingerprint density at radius 1 is 1.12 bits per heavy atom. The highest BCUT2D eigenvalue weighted by Gasteiger charge is 2.39. The molecular weight excluding hydrogens is 314 g/mol. The fourth-order valence-corrected chi connectivity index (χ4v) is 2.76. The van der Waals surface area contributed by atoms with E-state index < -0.39 is 29.3 Å². The molecule has 24 heavy (non-hydrogen) atoms. The van der Waals surface area contributed by atoms with Gasteiger partial charge in [-0.2, -0.15) is 0 Å². The molecule has 0 radical (unpaired) electrons. The molecule has 0 saturated heterocycles. The summed E-state index contributed by atoms with van der Waals surface area (Å²) in [6.07, 6.45) is -0.594. The molecule has 2 amide bonds. The van der Waals surface area contributed by atoms with Crippen LogP contribution < -0.4 is 10.6 Å². The van der Waals surface area contributed by atoms with Gasteiger partial charge in [0.15, 0.2) is 0 Å². The molecule has 1 saturated carbocycles. The summed E-state index contributed by atoms with van der Waals surface area (Å²) >= 11 is 0. The van der Waals surface area contributed by atoms with Crippen molar-refractivity contribution in [2.24, 2.45) is 0 Å². The number of hydrogen-bond acceptors (Lipinski definition) is 2. The van der Waals surface area contributed by atoms with Crippen molar-refractivity contribution in [2.75, 3.05) is 6.54 Å². The maximum absolute atomic E-state index is 13.6. The van der Waals surface area contributed by atoms with E-state index in [0.29, 0.717) is 0 Å². The van der Waals surface area contributed by atoms with Gasteiger partial charge in [-0.25, -0.2) is 13.6 Å². The van der Waals surface area contributed by atoms with Crippen LogP contribution in [-0.4, -0.2) is 23.7 Å². The van der Waals surface area contributed by atoms with Gasteiger partial charge in [-0.3, -0.25) is 0 Å². The highest BCUT2D eigenvalue weighted by Crippen LogP contribution is 2.40. The van der Waals surface area contributed by atoms with Crippen molar-refractivity contribution in [2.45, 2.75) is 24.5 Å². The molecule has 2 aromatic rings. The van der Waals surface area contributed by atoms with Crippen LogP contribution >= 0.6 is 0 Å². The molecule has 3 atom stereocenters. The van der Waals surface area contributed by atoms with Crippen molar-refractivity contribution in [3.63, 3.8) is 0 Å². The van der Waals surface area contributed by atoms with Gasteiger partial charge in [-0.1, -0.05) is 36.4 Å². The van der Waals surface area contributed by atoms with Crippen LogP contribution in [0.4, 0.5) is 13.6 Å². The highest BCUT2D eigenvalue weighted by molar-refractivity contribution is 5.75. The molecule has 3 unspecified atom stereocenters. The molecule has 0 aromatic heterocycles. The van der Waals surface area contributed by atoms with E-state index in [2.05, 4.69) is 10.6 Å². The van der Waals surface area contributed by atoms with Crippen LogP contribution in [0.3, 0.4) is 0 Å². The predicted octanol–water partition coefficient (Wildman–Crippen LogP) is 2.85. The average Bonchev–Trinajstić information content (AvgIpc) is 3.33. The summed E-state index contributed by atoms with van der Waals surface area (Å²) in [6.45, 7) is -0.271. The first-order valence-electron chi connectivity index (χ1n) is 7.77. The predicted molar refractivity (Wildman–Crippen MR) is 85.4 cm³/mol. The van der Waals surface area contributed by atoms with E-state index in [1.54, 1.807) is 0 Å². The minimum Gasteiger partial charge on any atom is -0.386 e. The lowest BCUT2D eigenvalue weighted by molar-refractivity contribution is 0.164. The van der Waals surface area contributed by atoms with Gasteiger partial charge < -0.3 is 15.7 Å². The van der Waals surface area contributed by atoms with Crippen LogP contribution in [0.1, 0.15) is 29.6 Å². The minimum absolute atomic E-state index is 0.0368. The number of hydrogen-bond donors (Lipinski definition) is 3.